The second-order valence-electron chi connectivity index (χ2n) is 7.76. The van der Waals surface area contributed by atoms with Crippen molar-refractivity contribution in [1.29, 1.82) is 0 Å². The molecule has 0 fully saturated rings. The van der Waals surface area contributed by atoms with Gasteiger partial charge in [0.05, 0.1) is 19.6 Å². The van der Waals surface area contributed by atoms with Crippen molar-refractivity contribution in [3.05, 3.63) is 77.5 Å². The zero-order chi connectivity index (χ0) is 19.8. The number of methoxy groups -OCH3 is 1. The molecule has 5 rings (SSSR count). The van der Waals surface area contributed by atoms with Crippen LogP contribution in [0.15, 0.2) is 60.7 Å². The summed E-state index contributed by atoms with van der Waals surface area (Å²) in [4.78, 5) is 16.5. The first-order valence-electron chi connectivity index (χ1n) is 10.2. The number of benzene rings is 3. The highest BCUT2D eigenvalue weighted by atomic mass is 16.5. The molecule has 3 aromatic carbocycles. The lowest BCUT2D eigenvalue weighted by Crippen LogP contribution is -2.32. The summed E-state index contributed by atoms with van der Waals surface area (Å²) in [6.45, 7) is 0. The number of ether oxygens (including phenoxy) is 1. The van der Waals surface area contributed by atoms with Crippen molar-refractivity contribution in [2.45, 2.75) is 31.7 Å². The Balaban J connectivity index is 1.41. The Morgan fingerprint density at radius 2 is 1.97 bits per heavy atom. The third-order valence-corrected chi connectivity index (χ3v) is 5.98. The van der Waals surface area contributed by atoms with Gasteiger partial charge in [-0.3, -0.25) is 4.79 Å². The van der Waals surface area contributed by atoms with Gasteiger partial charge in [0, 0.05) is 16.6 Å². The number of hydrogen-bond acceptors (Lipinski definition) is 2. The second kappa shape index (κ2) is 7.28. The summed E-state index contributed by atoms with van der Waals surface area (Å²) in [7, 11) is 1.69. The molecule has 1 unspecified atom stereocenters. The van der Waals surface area contributed by atoms with Gasteiger partial charge in [0.15, 0.2) is 0 Å². The maximum absolute atomic E-state index is 12.9. The molecule has 0 spiro atoms. The lowest BCUT2D eigenvalue weighted by molar-refractivity contribution is -0.121. The molecule has 4 aromatic rings. The highest BCUT2D eigenvalue weighted by Crippen LogP contribution is 2.36. The van der Waals surface area contributed by atoms with Crippen molar-refractivity contribution >= 4 is 27.6 Å². The SMILES string of the molecule is COc1ccc2[nH]c3c(c2c1)CCCC3NC(=O)Cc1cccc2ccccc12. The number of rotatable bonds is 4. The van der Waals surface area contributed by atoms with Crippen molar-refractivity contribution in [2.24, 2.45) is 0 Å². The molecule has 146 valence electrons. The molecule has 1 aliphatic rings. The van der Waals surface area contributed by atoms with Crippen molar-refractivity contribution < 1.29 is 9.53 Å². The zero-order valence-electron chi connectivity index (χ0n) is 16.5. The average molecular weight is 384 g/mol. The summed E-state index contributed by atoms with van der Waals surface area (Å²) in [6, 6.07) is 20.5. The maximum atomic E-state index is 12.9. The van der Waals surface area contributed by atoms with Gasteiger partial charge in [0.25, 0.3) is 0 Å². The van der Waals surface area contributed by atoms with E-state index in [-0.39, 0.29) is 11.9 Å². The van der Waals surface area contributed by atoms with Crippen LogP contribution < -0.4 is 10.1 Å². The number of amides is 1. The van der Waals surface area contributed by atoms with Crippen molar-refractivity contribution in [3.8, 4) is 5.75 Å². The quantitative estimate of drug-likeness (QED) is 0.516. The van der Waals surface area contributed by atoms with Crippen LogP contribution in [-0.2, 0) is 17.6 Å². The number of nitrogens with one attached hydrogen (secondary N) is 2. The van der Waals surface area contributed by atoms with Crippen molar-refractivity contribution in [1.82, 2.24) is 10.3 Å². The average Bonchev–Trinajstić information content (AvgIpc) is 3.13. The predicted octanol–water partition coefficient (Wildman–Crippen LogP) is 5.07. The predicted molar refractivity (Wildman–Crippen MR) is 116 cm³/mol. The lowest BCUT2D eigenvalue weighted by Gasteiger charge is -2.24. The number of fused-ring (bicyclic) bond motifs is 4. The molecule has 2 N–H and O–H groups in total. The molecule has 0 saturated heterocycles. The number of carbonyl (C=O) groups is 1. The van der Waals surface area contributed by atoms with Crippen LogP contribution in [0.5, 0.6) is 5.75 Å². The van der Waals surface area contributed by atoms with Crippen molar-refractivity contribution in [3.63, 3.8) is 0 Å². The van der Waals surface area contributed by atoms with Crippen LogP contribution in [0.2, 0.25) is 0 Å². The summed E-state index contributed by atoms with van der Waals surface area (Å²) in [5.74, 6) is 0.928. The molecule has 29 heavy (non-hydrogen) atoms. The van der Waals surface area contributed by atoms with Crippen LogP contribution in [-0.4, -0.2) is 18.0 Å². The number of aromatic amines is 1. The van der Waals surface area contributed by atoms with E-state index >= 15 is 0 Å². The molecule has 1 atom stereocenters. The van der Waals surface area contributed by atoms with Gasteiger partial charge in [-0.05, 0) is 59.4 Å². The lowest BCUT2D eigenvalue weighted by atomic mass is 9.91. The molecule has 1 amide bonds. The third-order valence-electron chi connectivity index (χ3n) is 5.98. The summed E-state index contributed by atoms with van der Waals surface area (Å²) in [5, 5.41) is 6.79. The van der Waals surface area contributed by atoms with Crippen molar-refractivity contribution in [2.75, 3.05) is 7.11 Å². The van der Waals surface area contributed by atoms with E-state index in [2.05, 4.69) is 40.6 Å². The Bertz CT molecular complexity index is 1200. The van der Waals surface area contributed by atoms with Gasteiger partial charge >= 0.3 is 0 Å². The third kappa shape index (κ3) is 3.25. The van der Waals surface area contributed by atoms with Crippen LogP contribution in [0.25, 0.3) is 21.7 Å². The molecule has 1 heterocycles. The van der Waals surface area contributed by atoms with Crippen LogP contribution >= 0.6 is 0 Å². The Labute approximate surface area is 169 Å². The van der Waals surface area contributed by atoms with E-state index in [0.717, 1.165) is 47.2 Å². The fourth-order valence-electron chi connectivity index (χ4n) is 4.58. The van der Waals surface area contributed by atoms with Gasteiger partial charge in [-0.15, -0.1) is 0 Å². The van der Waals surface area contributed by atoms with Gasteiger partial charge in [-0.25, -0.2) is 0 Å². The molecule has 0 saturated carbocycles. The van der Waals surface area contributed by atoms with Crippen LogP contribution in [0, 0.1) is 0 Å². The summed E-state index contributed by atoms with van der Waals surface area (Å²) >= 11 is 0. The van der Waals surface area contributed by atoms with Gasteiger partial charge in [-0.2, -0.15) is 0 Å². The van der Waals surface area contributed by atoms with Gasteiger partial charge in [-0.1, -0.05) is 42.5 Å². The first-order chi connectivity index (χ1) is 14.2. The highest BCUT2D eigenvalue weighted by molar-refractivity contribution is 5.91. The first-order valence-corrected chi connectivity index (χ1v) is 10.2. The Morgan fingerprint density at radius 1 is 1.10 bits per heavy atom. The summed E-state index contributed by atoms with van der Waals surface area (Å²) < 4.78 is 5.39. The molecule has 1 aromatic heterocycles. The zero-order valence-corrected chi connectivity index (χ0v) is 16.5. The highest BCUT2D eigenvalue weighted by Gasteiger charge is 2.26. The molecule has 4 nitrogen and oxygen atoms in total. The molecule has 0 bridgehead atoms. The first kappa shape index (κ1) is 17.8. The van der Waals surface area contributed by atoms with E-state index < -0.39 is 0 Å². The fourth-order valence-corrected chi connectivity index (χ4v) is 4.58. The van der Waals surface area contributed by atoms with Crippen LogP contribution in [0.3, 0.4) is 0 Å². The molecular formula is C25H24N2O2. The Hall–Kier alpha value is -3.27. The van der Waals surface area contributed by atoms with E-state index in [1.807, 2.05) is 30.3 Å². The Kier molecular flexibility index (Phi) is 4.47. The number of aryl methyl sites for hydroxylation is 1. The molecular weight excluding hydrogens is 360 g/mol. The number of hydrogen-bond donors (Lipinski definition) is 2. The topological polar surface area (TPSA) is 54.1 Å². The minimum atomic E-state index is 0.0274. The van der Waals surface area contributed by atoms with E-state index in [9.17, 15) is 4.79 Å². The summed E-state index contributed by atoms with van der Waals surface area (Å²) in [5.41, 5.74) is 4.62. The largest absolute Gasteiger partial charge is 0.497 e. The monoisotopic (exact) mass is 384 g/mol. The smallest absolute Gasteiger partial charge is 0.224 e. The molecule has 4 heteroatoms. The van der Waals surface area contributed by atoms with Crippen LogP contribution in [0.1, 0.15) is 35.7 Å². The number of aromatic nitrogens is 1. The fraction of sp³-hybridized carbons (Fsp3) is 0.240. The normalized spacial score (nSPS) is 16.0. The molecule has 0 radical (unpaired) electrons. The Morgan fingerprint density at radius 3 is 2.86 bits per heavy atom. The number of H-pyrrole nitrogens is 1. The maximum Gasteiger partial charge on any atom is 0.224 e. The van der Waals surface area contributed by atoms with E-state index in [1.54, 1.807) is 7.11 Å². The van der Waals surface area contributed by atoms with Crippen LogP contribution in [0.4, 0.5) is 0 Å². The minimum Gasteiger partial charge on any atom is -0.497 e. The van der Waals surface area contributed by atoms with Gasteiger partial charge < -0.3 is 15.0 Å². The standard InChI is InChI=1S/C25H24N2O2/c1-29-18-12-13-22-21(15-18)20-10-5-11-23(25(20)27-22)26-24(28)14-17-8-4-7-16-6-2-3-9-19(16)17/h2-4,6-9,12-13,15,23,27H,5,10-11,14H2,1H3,(H,26,28). The minimum absolute atomic E-state index is 0.0274. The number of carbonyl (C=O) groups excluding carboxylic acids is 1. The van der Waals surface area contributed by atoms with E-state index in [0.29, 0.717) is 6.42 Å². The van der Waals surface area contributed by atoms with E-state index in [4.69, 9.17) is 4.74 Å². The molecule has 0 aliphatic heterocycles. The van der Waals surface area contributed by atoms with E-state index in [1.165, 1.54) is 16.3 Å². The molecule has 1 aliphatic carbocycles. The van der Waals surface area contributed by atoms with Gasteiger partial charge in [0.1, 0.15) is 5.75 Å². The summed E-state index contributed by atoms with van der Waals surface area (Å²) in [6.07, 6.45) is 3.44. The second-order valence-corrected chi connectivity index (χ2v) is 7.76. The van der Waals surface area contributed by atoms with Gasteiger partial charge in [0.2, 0.25) is 5.91 Å².